The van der Waals surface area contributed by atoms with Crippen molar-refractivity contribution < 1.29 is 9.18 Å². The summed E-state index contributed by atoms with van der Waals surface area (Å²) in [6.45, 7) is 2.58. The minimum Gasteiger partial charge on any atom is -0.392 e. The van der Waals surface area contributed by atoms with E-state index in [9.17, 15) is 9.18 Å². The molecule has 2 N–H and O–H groups in total. The molecule has 0 bridgehead atoms. The summed E-state index contributed by atoms with van der Waals surface area (Å²) in [5, 5.41) is 0. The minimum atomic E-state index is -0.367. The van der Waals surface area contributed by atoms with E-state index >= 15 is 0 Å². The molecule has 5 heteroatoms. The predicted octanol–water partition coefficient (Wildman–Crippen LogP) is 1.57. The number of amides is 1. The number of carbonyl (C=O) groups is 1. The topological polar surface area (TPSA) is 46.3 Å². The van der Waals surface area contributed by atoms with Gasteiger partial charge in [-0.05, 0) is 31.2 Å². The van der Waals surface area contributed by atoms with E-state index in [-0.39, 0.29) is 23.3 Å². The second kappa shape index (κ2) is 5.55. The summed E-state index contributed by atoms with van der Waals surface area (Å²) < 4.78 is 12.7. The fraction of sp³-hybridized carbons (Fsp3) is 0.273. The smallest absolute Gasteiger partial charge is 0.254 e. The number of likely N-dealkylation sites (N-methyl/N-ethyl adjacent to an activating group) is 1. The van der Waals surface area contributed by atoms with Crippen molar-refractivity contribution >= 4 is 23.1 Å². The van der Waals surface area contributed by atoms with Crippen LogP contribution in [-0.2, 0) is 0 Å². The predicted molar refractivity (Wildman–Crippen MR) is 64.8 cm³/mol. The zero-order chi connectivity index (χ0) is 12.1. The van der Waals surface area contributed by atoms with E-state index in [0.29, 0.717) is 12.1 Å². The van der Waals surface area contributed by atoms with Crippen molar-refractivity contribution in [2.75, 3.05) is 13.1 Å². The largest absolute Gasteiger partial charge is 0.392 e. The SMILES string of the molecule is CCN(CC(N)=S)C(=O)c1ccc(F)cc1. The number of nitrogens with zero attached hydrogens (tertiary/aromatic N) is 1. The van der Waals surface area contributed by atoms with E-state index in [0.717, 1.165) is 0 Å². The molecule has 1 aromatic carbocycles. The van der Waals surface area contributed by atoms with Gasteiger partial charge in [0.2, 0.25) is 0 Å². The molecule has 0 saturated carbocycles. The first kappa shape index (κ1) is 12.6. The zero-order valence-electron chi connectivity index (χ0n) is 8.94. The molecule has 1 aromatic rings. The second-order valence-corrected chi connectivity index (χ2v) is 3.82. The highest BCUT2D eigenvalue weighted by Gasteiger charge is 2.14. The summed E-state index contributed by atoms with van der Waals surface area (Å²) in [7, 11) is 0. The maximum absolute atomic E-state index is 12.7. The molecule has 0 heterocycles. The van der Waals surface area contributed by atoms with E-state index < -0.39 is 0 Å². The molecule has 0 spiro atoms. The molecular formula is C11H13FN2OS. The van der Waals surface area contributed by atoms with Gasteiger partial charge in [0.05, 0.1) is 11.5 Å². The van der Waals surface area contributed by atoms with Crippen LogP contribution in [0.4, 0.5) is 4.39 Å². The molecule has 1 amide bonds. The minimum absolute atomic E-state index is 0.199. The van der Waals surface area contributed by atoms with Gasteiger partial charge in [-0.3, -0.25) is 4.79 Å². The van der Waals surface area contributed by atoms with Crippen LogP contribution >= 0.6 is 12.2 Å². The molecule has 16 heavy (non-hydrogen) atoms. The first-order chi connectivity index (χ1) is 7.54. The monoisotopic (exact) mass is 240 g/mol. The van der Waals surface area contributed by atoms with Crippen molar-refractivity contribution in [2.24, 2.45) is 5.73 Å². The van der Waals surface area contributed by atoms with Gasteiger partial charge in [0, 0.05) is 12.1 Å². The lowest BCUT2D eigenvalue weighted by molar-refractivity contribution is 0.0788. The van der Waals surface area contributed by atoms with Crippen molar-refractivity contribution in [1.82, 2.24) is 4.90 Å². The van der Waals surface area contributed by atoms with Gasteiger partial charge < -0.3 is 10.6 Å². The van der Waals surface area contributed by atoms with E-state index in [1.807, 2.05) is 6.92 Å². The molecule has 0 fully saturated rings. The fourth-order valence-corrected chi connectivity index (χ4v) is 1.45. The Kier molecular flexibility index (Phi) is 4.37. The van der Waals surface area contributed by atoms with Crippen LogP contribution in [-0.4, -0.2) is 28.9 Å². The van der Waals surface area contributed by atoms with E-state index in [4.69, 9.17) is 18.0 Å². The quantitative estimate of drug-likeness (QED) is 0.813. The van der Waals surface area contributed by atoms with Crippen molar-refractivity contribution in [3.8, 4) is 0 Å². The number of hydrogen-bond acceptors (Lipinski definition) is 2. The van der Waals surface area contributed by atoms with Crippen LogP contribution in [0.15, 0.2) is 24.3 Å². The van der Waals surface area contributed by atoms with Crippen LogP contribution in [0.25, 0.3) is 0 Å². The number of halogens is 1. The molecular weight excluding hydrogens is 227 g/mol. The van der Waals surface area contributed by atoms with E-state index in [2.05, 4.69) is 0 Å². The Hall–Kier alpha value is -1.49. The lowest BCUT2D eigenvalue weighted by atomic mass is 10.2. The normalized spacial score (nSPS) is 9.88. The molecule has 0 aliphatic carbocycles. The Morgan fingerprint density at radius 3 is 2.44 bits per heavy atom. The number of benzene rings is 1. The van der Waals surface area contributed by atoms with Crippen LogP contribution < -0.4 is 5.73 Å². The molecule has 0 atom stereocenters. The van der Waals surface area contributed by atoms with Gasteiger partial charge in [-0.2, -0.15) is 0 Å². The number of rotatable bonds is 4. The van der Waals surface area contributed by atoms with Gasteiger partial charge in [-0.15, -0.1) is 0 Å². The van der Waals surface area contributed by atoms with Gasteiger partial charge in [-0.25, -0.2) is 4.39 Å². The lowest BCUT2D eigenvalue weighted by Gasteiger charge is -2.19. The molecule has 0 aromatic heterocycles. The fourth-order valence-electron chi connectivity index (χ4n) is 1.29. The molecule has 0 aliphatic rings. The standard InChI is InChI=1S/C11H13FN2OS/c1-2-14(7-10(13)16)11(15)8-3-5-9(12)6-4-8/h3-6H,2,7H2,1H3,(H2,13,16). The number of carbonyl (C=O) groups excluding carboxylic acids is 1. The van der Waals surface area contributed by atoms with Gasteiger partial charge in [-0.1, -0.05) is 12.2 Å². The average molecular weight is 240 g/mol. The summed E-state index contributed by atoms with van der Waals surface area (Å²) in [5.74, 6) is -0.566. The van der Waals surface area contributed by atoms with Gasteiger partial charge in [0.25, 0.3) is 5.91 Å². The van der Waals surface area contributed by atoms with Crippen molar-refractivity contribution in [3.05, 3.63) is 35.6 Å². The van der Waals surface area contributed by atoms with E-state index in [1.165, 1.54) is 29.2 Å². The highest BCUT2D eigenvalue weighted by atomic mass is 32.1. The summed E-state index contributed by atoms with van der Waals surface area (Å²) in [4.78, 5) is 13.7. The molecule has 86 valence electrons. The lowest BCUT2D eigenvalue weighted by Crippen LogP contribution is -2.37. The van der Waals surface area contributed by atoms with Crippen LogP contribution in [0, 0.1) is 5.82 Å². The second-order valence-electron chi connectivity index (χ2n) is 3.29. The summed E-state index contributed by atoms with van der Waals surface area (Å²) in [6.07, 6.45) is 0. The third kappa shape index (κ3) is 3.27. The molecule has 0 radical (unpaired) electrons. The summed E-state index contributed by atoms with van der Waals surface area (Å²) in [6, 6.07) is 5.39. The molecule has 0 unspecified atom stereocenters. The van der Waals surface area contributed by atoms with E-state index in [1.54, 1.807) is 0 Å². The Morgan fingerprint density at radius 2 is 2.00 bits per heavy atom. The summed E-state index contributed by atoms with van der Waals surface area (Å²) >= 11 is 4.75. The molecule has 0 aliphatic heterocycles. The van der Waals surface area contributed by atoms with Crippen LogP contribution in [0.5, 0.6) is 0 Å². The van der Waals surface area contributed by atoms with Crippen molar-refractivity contribution in [3.63, 3.8) is 0 Å². The first-order valence-electron chi connectivity index (χ1n) is 4.87. The highest BCUT2D eigenvalue weighted by Crippen LogP contribution is 2.06. The maximum atomic E-state index is 12.7. The Morgan fingerprint density at radius 1 is 1.44 bits per heavy atom. The Balaban J connectivity index is 2.82. The number of nitrogens with two attached hydrogens (primary N) is 1. The average Bonchev–Trinajstić information content (AvgIpc) is 2.25. The van der Waals surface area contributed by atoms with Crippen molar-refractivity contribution in [1.29, 1.82) is 0 Å². The third-order valence-electron chi connectivity index (χ3n) is 2.11. The van der Waals surface area contributed by atoms with Crippen LogP contribution in [0.1, 0.15) is 17.3 Å². The van der Waals surface area contributed by atoms with Gasteiger partial charge in [0.1, 0.15) is 5.82 Å². The Labute approximate surface area is 99.0 Å². The summed E-state index contributed by atoms with van der Waals surface area (Å²) in [5.41, 5.74) is 5.82. The van der Waals surface area contributed by atoms with Crippen molar-refractivity contribution in [2.45, 2.75) is 6.92 Å². The number of thiocarbonyl (C=S) groups is 1. The Bertz CT molecular complexity index is 391. The maximum Gasteiger partial charge on any atom is 0.254 e. The van der Waals surface area contributed by atoms with Gasteiger partial charge >= 0.3 is 0 Å². The number of hydrogen-bond donors (Lipinski definition) is 1. The third-order valence-corrected chi connectivity index (χ3v) is 2.24. The van der Waals surface area contributed by atoms with Gasteiger partial charge in [0.15, 0.2) is 0 Å². The van der Waals surface area contributed by atoms with Crippen LogP contribution in [0.3, 0.4) is 0 Å². The molecule has 3 nitrogen and oxygen atoms in total. The molecule has 1 rings (SSSR count). The highest BCUT2D eigenvalue weighted by molar-refractivity contribution is 7.80. The molecule has 0 saturated heterocycles. The first-order valence-corrected chi connectivity index (χ1v) is 5.28. The van der Waals surface area contributed by atoms with Crippen LogP contribution in [0.2, 0.25) is 0 Å². The zero-order valence-corrected chi connectivity index (χ0v) is 9.76.